The maximum atomic E-state index is 11.8. The highest BCUT2D eigenvalue weighted by atomic mass is 16.5. The lowest BCUT2D eigenvalue weighted by Gasteiger charge is -2.36. The summed E-state index contributed by atoms with van der Waals surface area (Å²) < 4.78 is 5.44. The fourth-order valence-corrected chi connectivity index (χ4v) is 1.61. The molecule has 1 rings (SSSR count). The Morgan fingerprint density at radius 3 is 2.46 bits per heavy atom. The average Bonchev–Trinajstić information content (AvgIpc) is 2.03. The number of morpholine rings is 1. The second-order valence-electron chi connectivity index (χ2n) is 4.16. The number of rotatable bonds is 2. The van der Waals surface area contributed by atoms with Crippen LogP contribution in [0.25, 0.3) is 0 Å². The second-order valence-corrected chi connectivity index (χ2v) is 4.16. The number of hydrogen-bond acceptors (Lipinski definition) is 2. The van der Waals surface area contributed by atoms with Crippen LogP contribution in [0.5, 0.6) is 0 Å². The van der Waals surface area contributed by atoms with E-state index in [1.54, 1.807) is 0 Å². The maximum Gasteiger partial charge on any atom is 0.252 e. The van der Waals surface area contributed by atoms with Crippen LogP contribution in [0.1, 0.15) is 27.7 Å². The van der Waals surface area contributed by atoms with E-state index in [4.69, 9.17) is 4.74 Å². The number of carbonyl (C=O) groups excluding carboxylic acids is 1. The first kappa shape index (κ1) is 10.5. The molecule has 1 unspecified atom stereocenters. The largest absolute Gasteiger partial charge is 0.366 e. The van der Waals surface area contributed by atoms with Crippen molar-refractivity contribution in [3.8, 4) is 0 Å². The zero-order valence-electron chi connectivity index (χ0n) is 8.91. The lowest BCUT2D eigenvalue weighted by atomic mass is 10.0. The summed E-state index contributed by atoms with van der Waals surface area (Å²) in [5.41, 5.74) is 0. The van der Waals surface area contributed by atoms with E-state index in [-0.39, 0.29) is 24.0 Å². The molecule has 0 aromatic rings. The Kier molecular flexibility index (Phi) is 3.31. The van der Waals surface area contributed by atoms with E-state index in [0.717, 1.165) is 6.54 Å². The van der Waals surface area contributed by atoms with Gasteiger partial charge in [0.2, 0.25) is 0 Å². The molecule has 1 amide bonds. The summed E-state index contributed by atoms with van der Waals surface area (Å²) in [6.07, 6.45) is -0.226. The van der Waals surface area contributed by atoms with Crippen LogP contribution in [0.3, 0.4) is 0 Å². The minimum Gasteiger partial charge on any atom is -0.366 e. The van der Waals surface area contributed by atoms with E-state index in [2.05, 4.69) is 0 Å². The monoisotopic (exact) mass is 185 g/mol. The van der Waals surface area contributed by atoms with Crippen molar-refractivity contribution in [3.05, 3.63) is 0 Å². The van der Waals surface area contributed by atoms with Gasteiger partial charge in [-0.25, -0.2) is 0 Å². The third kappa shape index (κ3) is 2.21. The summed E-state index contributed by atoms with van der Waals surface area (Å²) in [5, 5.41) is 0. The van der Waals surface area contributed by atoms with Crippen molar-refractivity contribution in [2.45, 2.75) is 39.8 Å². The van der Waals surface area contributed by atoms with Crippen LogP contribution in [-0.4, -0.2) is 36.1 Å². The Morgan fingerprint density at radius 2 is 2.00 bits per heavy atom. The van der Waals surface area contributed by atoms with E-state index in [1.807, 2.05) is 32.6 Å². The van der Waals surface area contributed by atoms with Gasteiger partial charge in [0.05, 0.1) is 6.61 Å². The van der Waals surface area contributed by atoms with Gasteiger partial charge >= 0.3 is 0 Å². The molecule has 76 valence electrons. The van der Waals surface area contributed by atoms with Crippen molar-refractivity contribution in [3.63, 3.8) is 0 Å². The van der Waals surface area contributed by atoms with Crippen molar-refractivity contribution >= 4 is 5.91 Å². The number of nitrogens with zero attached hydrogens (tertiary/aromatic N) is 1. The number of ether oxygens (including phenoxy) is 1. The van der Waals surface area contributed by atoms with Crippen molar-refractivity contribution in [2.75, 3.05) is 13.2 Å². The maximum absolute atomic E-state index is 11.8. The minimum absolute atomic E-state index is 0.149. The van der Waals surface area contributed by atoms with Gasteiger partial charge in [0, 0.05) is 12.6 Å². The molecule has 0 N–H and O–H groups in total. The lowest BCUT2D eigenvalue weighted by Crippen LogP contribution is -2.52. The fraction of sp³-hybridized carbons (Fsp3) is 0.900. The lowest BCUT2D eigenvalue weighted by molar-refractivity contribution is -0.158. The summed E-state index contributed by atoms with van der Waals surface area (Å²) in [6, 6.07) is 0.289. The fourth-order valence-electron chi connectivity index (χ4n) is 1.61. The van der Waals surface area contributed by atoms with Gasteiger partial charge in [-0.2, -0.15) is 0 Å². The Hall–Kier alpha value is -0.570. The van der Waals surface area contributed by atoms with Crippen LogP contribution in [0.2, 0.25) is 0 Å². The Balaban J connectivity index is 2.66. The predicted octanol–water partition coefficient (Wildman–Crippen LogP) is 1.28. The van der Waals surface area contributed by atoms with Crippen molar-refractivity contribution < 1.29 is 9.53 Å². The van der Waals surface area contributed by atoms with E-state index in [0.29, 0.717) is 6.61 Å². The quantitative estimate of drug-likeness (QED) is 0.648. The van der Waals surface area contributed by atoms with E-state index >= 15 is 0 Å². The number of amides is 1. The number of hydrogen-bond donors (Lipinski definition) is 0. The van der Waals surface area contributed by atoms with Gasteiger partial charge in [-0.3, -0.25) is 4.79 Å². The van der Waals surface area contributed by atoms with E-state index in [9.17, 15) is 4.79 Å². The molecule has 1 aliphatic rings. The third-order valence-electron chi connectivity index (χ3n) is 2.38. The third-order valence-corrected chi connectivity index (χ3v) is 2.38. The molecule has 0 radical (unpaired) electrons. The number of carbonyl (C=O) groups is 1. The first-order chi connectivity index (χ1) is 6.04. The van der Waals surface area contributed by atoms with Gasteiger partial charge in [0.25, 0.3) is 5.91 Å². The molecule has 0 aliphatic carbocycles. The molecular formula is C10H19NO2. The van der Waals surface area contributed by atoms with E-state index in [1.165, 1.54) is 0 Å². The van der Waals surface area contributed by atoms with Gasteiger partial charge in [-0.05, 0) is 19.8 Å². The summed E-state index contributed by atoms with van der Waals surface area (Å²) in [5.74, 6) is 0.422. The normalized spacial score (nSPS) is 24.6. The van der Waals surface area contributed by atoms with Crippen LogP contribution in [0.15, 0.2) is 0 Å². The molecule has 0 bridgehead atoms. The second kappa shape index (κ2) is 4.09. The van der Waals surface area contributed by atoms with Crippen molar-refractivity contribution in [1.29, 1.82) is 0 Å². The molecule has 0 aromatic carbocycles. The van der Waals surface area contributed by atoms with Crippen LogP contribution in [0.4, 0.5) is 0 Å². The molecule has 0 saturated carbocycles. The molecular weight excluding hydrogens is 166 g/mol. The summed E-state index contributed by atoms with van der Waals surface area (Å²) in [7, 11) is 0. The molecule has 1 aliphatic heterocycles. The van der Waals surface area contributed by atoms with Crippen molar-refractivity contribution in [2.24, 2.45) is 5.92 Å². The molecule has 13 heavy (non-hydrogen) atoms. The summed E-state index contributed by atoms with van der Waals surface area (Å²) >= 11 is 0. The highest BCUT2D eigenvalue weighted by molar-refractivity contribution is 5.82. The van der Waals surface area contributed by atoms with Crippen LogP contribution < -0.4 is 0 Å². The topological polar surface area (TPSA) is 29.5 Å². The Labute approximate surface area is 80.1 Å². The minimum atomic E-state index is -0.226. The van der Waals surface area contributed by atoms with Gasteiger partial charge in [0.1, 0.15) is 6.10 Å². The molecule has 1 saturated heterocycles. The standard InChI is InChI=1S/C10H19NO2/c1-7(2)9-10(12)11(8(3)4)5-6-13-9/h7-9H,5-6H2,1-4H3. The van der Waals surface area contributed by atoms with Gasteiger partial charge < -0.3 is 9.64 Å². The summed E-state index contributed by atoms with van der Waals surface area (Å²) in [4.78, 5) is 13.7. The van der Waals surface area contributed by atoms with Gasteiger partial charge in [-0.15, -0.1) is 0 Å². The smallest absolute Gasteiger partial charge is 0.252 e. The summed E-state index contributed by atoms with van der Waals surface area (Å²) in [6.45, 7) is 9.53. The molecule has 1 atom stereocenters. The zero-order chi connectivity index (χ0) is 10.0. The van der Waals surface area contributed by atoms with Crippen LogP contribution >= 0.6 is 0 Å². The van der Waals surface area contributed by atoms with Crippen LogP contribution in [0, 0.1) is 5.92 Å². The average molecular weight is 185 g/mol. The molecule has 0 spiro atoms. The van der Waals surface area contributed by atoms with E-state index < -0.39 is 0 Å². The first-order valence-electron chi connectivity index (χ1n) is 4.96. The molecule has 1 fully saturated rings. The molecule has 1 heterocycles. The first-order valence-corrected chi connectivity index (χ1v) is 4.96. The Morgan fingerprint density at radius 1 is 1.38 bits per heavy atom. The Bertz CT molecular complexity index is 171. The molecule has 0 aromatic heterocycles. The highest BCUT2D eigenvalue weighted by Crippen LogP contribution is 2.16. The van der Waals surface area contributed by atoms with Gasteiger partial charge in [-0.1, -0.05) is 13.8 Å². The predicted molar refractivity (Wildman–Crippen MR) is 51.4 cm³/mol. The van der Waals surface area contributed by atoms with Gasteiger partial charge in [0.15, 0.2) is 0 Å². The van der Waals surface area contributed by atoms with Crippen LogP contribution in [-0.2, 0) is 9.53 Å². The zero-order valence-corrected chi connectivity index (χ0v) is 8.91. The molecule has 3 nitrogen and oxygen atoms in total. The highest BCUT2D eigenvalue weighted by Gasteiger charge is 2.32. The SMILES string of the molecule is CC(C)C1OCCN(C(C)C)C1=O. The van der Waals surface area contributed by atoms with Crippen molar-refractivity contribution in [1.82, 2.24) is 4.90 Å². The molecule has 3 heteroatoms.